The van der Waals surface area contributed by atoms with Gasteiger partial charge in [0.25, 0.3) is 5.91 Å². The Morgan fingerprint density at radius 2 is 1.17 bits per heavy atom. The molecule has 3 aromatic rings. The van der Waals surface area contributed by atoms with Crippen LogP contribution in [0.1, 0.15) is 16.7 Å². The van der Waals surface area contributed by atoms with Crippen molar-refractivity contribution in [2.45, 2.75) is 25.4 Å². The number of benzene rings is 3. The second kappa shape index (κ2) is 10.7. The largest absolute Gasteiger partial charge is 0.345 e. The zero-order chi connectivity index (χ0) is 21.2. The number of hydrogen-bond acceptors (Lipinski definition) is 3. The summed E-state index contributed by atoms with van der Waals surface area (Å²) in [5.74, 6) is -1.66. The number of ketones is 1. The summed E-state index contributed by atoms with van der Waals surface area (Å²) < 4.78 is 0. The molecule has 0 unspecified atom stereocenters. The third-order valence-electron chi connectivity index (χ3n) is 4.66. The molecule has 0 radical (unpaired) electrons. The van der Waals surface area contributed by atoms with Gasteiger partial charge >= 0.3 is 0 Å². The highest BCUT2D eigenvalue weighted by Gasteiger charge is 2.27. The molecule has 0 saturated carbocycles. The normalized spacial score (nSPS) is 11.3. The SMILES string of the molecule is O=C(Cc1ccccc1)N[C@@H](Cc1ccccc1)C(=O)C(=O)NCc1ccccc1. The van der Waals surface area contributed by atoms with Gasteiger partial charge in [-0.2, -0.15) is 0 Å². The van der Waals surface area contributed by atoms with Gasteiger partial charge in [0.15, 0.2) is 0 Å². The molecule has 30 heavy (non-hydrogen) atoms. The molecule has 3 rings (SSSR count). The van der Waals surface area contributed by atoms with Gasteiger partial charge in [0, 0.05) is 13.0 Å². The lowest BCUT2D eigenvalue weighted by Crippen LogP contribution is -2.49. The van der Waals surface area contributed by atoms with E-state index in [2.05, 4.69) is 10.6 Å². The van der Waals surface area contributed by atoms with Crippen LogP contribution in [0.5, 0.6) is 0 Å². The smallest absolute Gasteiger partial charge is 0.289 e. The first-order valence-corrected chi connectivity index (χ1v) is 9.85. The lowest BCUT2D eigenvalue weighted by atomic mass is 10.0. The molecule has 0 bridgehead atoms. The van der Waals surface area contributed by atoms with Crippen LogP contribution in [0.4, 0.5) is 0 Å². The second-order valence-corrected chi connectivity index (χ2v) is 7.00. The fourth-order valence-electron chi connectivity index (χ4n) is 3.11. The van der Waals surface area contributed by atoms with Crippen molar-refractivity contribution >= 4 is 17.6 Å². The van der Waals surface area contributed by atoms with Crippen molar-refractivity contribution in [3.05, 3.63) is 108 Å². The van der Waals surface area contributed by atoms with Gasteiger partial charge in [-0.05, 0) is 16.7 Å². The third-order valence-corrected chi connectivity index (χ3v) is 4.66. The molecule has 2 N–H and O–H groups in total. The quantitative estimate of drug-likeness (QED) is 0.543. The molecule has 0 spiro atoms. The number of carbonyl (C=O) groups is 3. The van der Waals surface area contributed by atoms with Crippen LogP contribution in [0.15, 0.2) is 91.0 Å². The van der Waals surface area contributed by atoms with Gasteiger partial charge in [-0.1, -0.05) is 91.0 Å². The summed E-state index contributed by atoms with van der Waals surface area (Å²) in [6, 6.07) is 27.0. The molecule has 0 aromatic heterocycles. The highest BCUT2D eigenvalue weighted by atomic mass is 16.2. The van der Waals surface area contributed by atoms with Crippen LogP contribution >= 0.6 is 0 Å². The van der Waals surface area contributed by atoms with E-state index < -0.39 is 17.7 Å². The molecular formula is C25H24N2O3. The third kappa shape index (κ3) is 6.41. The number of hydrogen-bond donors (Lipinski definition) is 2. The Bertz CT molecular complexity index is 973. The van der Waals surface area contributed by atoms with Crippen molar-refractivity contribution in [1.82, 2.24) is 10.6 Å². The minimum Gasteiger partial charge on any atom is -0.345 e. The van der Waals surface area contributed by atoms with Gasteiger partial charge in [0.1, 0.15) is 6.04 Å². The number of Topliss-reactive ketones (excluding diaryl/α,β-unsaturated/α-hetero) is 1. The highest BCUT2D eigenvalue weighted by Crippen LogP contribution is 2.06. The summed E-state index contributed by atoms with van der Waals surface area (Å²) in [4.78, 5) is 37.8. The molecule has 5 heteroatoms. The van der Waals surface area contributed by atoms with Crippen LogP contribution in [-0.4, -0.2) is 23.6 Å². The summed E-state index contributed by atoms with van der Waals surface area (Å²) in [7, 11) is 0. The Balaban J connectivity index is 1.67. The van der Waals surface area contributed by atoms with Crippen LogP contribution in [0, 0.1) is 0 Å². The van der Waals surface area contributed by atoms with E-state index in [1.165, 1.54) is 0 Å². The first-order valence-electron chi connectivity index (χ1n) is 9.85. The molecule has 0 aliphatic rings. The summed E-state index contributed by atoms with van der Waals surface area (Å²) >= 11 is 0. The van der Waals surface area contributed by atoms with Crippen molar-refractivity contribution in [3.8, 4) is 0 Å². The van der Waals surface area contributed by atoms with Crippen LogP contribution in [0.25, 0.3) is 0 Å². The Morgan fingerprint density at radius 1 is 0.667 bits per heavy atom. The van der Waals surface area contributed by atoms with Gasteiger partial charge in [0.2, 0.25) is 11.7 Å². The first-order chi connectivity index (χ1) is 14.6. The zero-order valence-corrected chi connectivity index (χ0v) is 16.6. The van der Waals surface area contributed by atoms with Crippen LogP contribution < -0.4 is 10.6 Å². The van der Waals surface area contributed by atoms with Crippen molar-refractivity contribution in [2.24, 2.45) is 0 Å². The Kier molecular flexibility index (Phi) is 7.50. The minimum absolute atomic E-state index is 0.144. The summed E-state index contributed by atoms with van der Waals surface area (Å²) in [5, 5.41) is 5.39. The molecule has 5 nitrogen and oxygen atoms in total. The van der Waals surface area contributed by atoms with E-state index in [1.54, 1.807) is 0 Å². The van der Waals surface area contributed by atoms with Crippen LogP contribution in [-0.2, 0) is 33.8 Å². The van der Waals surface area contributed by atoms with E-state index >= 15 is 0 Å². The maximum atomic E-state index is 12.8. The highest BCUT2D eigenvalue weighted by molar-refractivity contribution is 6.38. The predicted molar refractivity (Wildman–Crippen MR) is 116 cm³/mol. The number of amides is 2. The Morgan fingerprint density at radius 3 is 1.73 bits per heavy atom. The maximum absolute atomic E-state index is 12.8. The molecule has 0 aliphatic heterocycles. The van der Waals surface area contributed by atoms with Crippen molar-refractivity contribution in [3.63, 3.8) is 0 Å². The van der Waals surface area contributed by atoms with Crippen molar-refractivity contribution in [2.75, 3.05) is 0 Å². The molecule has 152 valence electrons. The number of nitrogens with one attached hydrogen (secondary N) is 2. The Hall–Kier alpha value is -3.73. The van der Waals surface area contributed by atoms with Crippen LogP contribution in [0.2, 0.25) is 0 Å². The monoisotopic (exact) mass is 400 g/mol. The van der Waals surface area contributed by atoms with Gasteiger partial charge < -0.3 is 10.6 Å². The van der Waals surface area contributed by atoms with Gasteiger partial charge in [0.05, 0.1) is 6.42 Å². The Labute approximate surface area is 176 Å². The predicted octanol–water partition coefficient (Wildman–Crippen LogP) is 2.84. The fourth-order valence-corrected chi connectivity index (χ4v) is 3.11. The summed E-state index contributed by atoms with van der Waals surface area (Å²) in [6.45, 7) is 0.251. The van der Waals surface area contributed by atoms with E-state index in [0.29, 0.717) is 0 Å². The lowest BCUT2D eigenvalue weighted by Gasteiger charge is -2.18. The fraction of sp³-hybridized carbons (Fsp3) is 0.160. The minimum atomic E-state index is -0.931. The number of carbonyl (C=O) groups excluding carboxylic acids is 3. The molecule has 0 fully saturated rings. The molecule has 0 heterocycles. The molecule has 3 aromatic carbocycles. The van der Waals surface area contributed by atoms with E-state index in [9.17, 15) is 14.4 Å². The van der Waals surface area contributed by atoms with Gasteiger partial charge in [-0.25, -0.2) is 0 Å². The van der Waals surface area contributed by atoms with E-state index in [-0.39, 0.29) is 25.3 Å². The van der Waals surface area contributed by atoms with E-state index in [1.807, 2.05) is 91.0 Å². The first kappa shape index (κ1) is 21.0. The molecule has 2 amide bonds. The van der Waals surface area contributed by atoms with Crippen LogP contribution in [0.3, 0.4) is 0 Å². The zero-order valence-electron chi connectivity index (χ0n) is 16.6. The molecule has 0 aliphatic carbocycles. The van der Waals surface area contributed by atoms with E-state index in [0.717, 1.165) is 16.7 Å². The average Bonchev–Trinajstić information content (AvgIpc) is 2.78. The molecule has 1 atom stereocenters. The standard InChI is InChI=1S/C25H24N2O3/c28-23(17-20-12-6-2-7-13-20)27-22(16-19-10-4-1-5-11-19)24(29)25(30)26-18-21-14-8-3-9-15-21/h1-15,22H,16-18H2,(H,26,30)(H,27,28)/t22-/m0/s1. The maximum Gasteiger partial charge on any atom is 0.289 e. The second-order valence-electron chi connectivity index (χ2n) is 7.00. The summed E-state index contributed by atoms with van der Waals surface area (Å²) in [5.41, 5.74) is 2.60. The van der Waals surface area contributed by atoms with Gasteiger partial charge in [-0.3, -0.25) is 14.4 Å². The lowest BCUT2D eigenvalue weighted by molar-refractivity contribution is -0.140. The molecular weight excluding hydrogens is 376 g/mol. The van der Waals surface area contributed by atoms with Crippen molar-refractivity contribution in [1.29, 1.82) is 0 Å². The summed E-state index contributed by atoms with van der Waals surface area (Å²) in [6.07, 6.45) is 0.393. The van der Waals surface area contributed by atoms with Gasteiger partial charge in [-0.15, -0.1) is 0 Å². The number of rotatable bonds is 9. The van der Waals surface area contributed by atoms with Crippen molar-refractivity contribution < 1.29 is 14.4 Å². The van der Waals surface area contributed by atoms with E-state index in [4.69, 9.17) is 0 Å². The molecule has 0 saturated heterocycles. The average molecular weight is 400 g/mol. The topological polar surface area (TPSA) is 75.3 Å².